The van der Waals surface area contributed by atoms with Crippen LogP contribution in [0.4, 0.5) is 6.01 Å². The molecular weight excluding hydrogens is 252 g/mol. The number of esters is 2. The van der Waals surface area contributed by atoms with Crippen LogP contribution in [0.5, 0.6) is 0 Å². The van der Waals surface area contributed by atoms with Crippen LogP contribution in [0.2, 0.25) is 0 Å². The van der Waals surface area contributed by atoms with Crippen LogP contribution in [0.3, 0.4) is 0 Å². The second-order valence-electron chi connectivity index (χ2n) is 3.84. The molecule has 0 aromatic carbocycles. The van der Waals surface area contributed by atoms with E-state index >= 15 is 0 Å². The van der Waals surface area contributed by atoms with Crippen molar-refractivity contribution in [1.82, 2.24) is 4.98 Å². The number of carbonyl (C=O) groups excluding carboxylic acids is 2. The minimum atomic E-state index is -0.513. The monoisotopic (exact) mass is 270 g/mol. The Morgan fingerprint density at radius 1 is 1.47 bits per heavy atom. The summed E-state index contributed by atoms with van der Waals surface area (Å²) in [7, 11) is 3.11. The number of anilines is 1. The minimum absolute atomic E-state index is 0.136. The highest BCUT2D eigenvalue weighted by Crippen LogP contribution is 2.13. The van der Waals surface area contributed by atoms with Crippen molar-refractivity contribution in [1.29, 1.82) is 0 Å². The van der Waals surface area contributed by atoms with Crippen molar-refractivity contribution in [2.75, 3.05) is 32.2 Å². The summed E-state index contributed by atoms with van der Waals surface area (Å²) in [5.74, 6) is -0.770. The van der Waals surface area contributed by atoms with Crippen molar-refractivity contribution >= 4 is 18.0 Å². The molecule has 7 nitrogen and oxygen atoms in total. The van der Waals surface area contributed by atoms with Gasteiger partial charge in [-0.15, -0.1) is 0 Å². The van der Waals surface area contributed by atoms with Crippen LogP contribution < -0.4 is 4.90 Å². The number of carbonyl (C=O) groups is 2. The number of rotatable bonds is 7. The predicted molar refractivity (Wildman–Crippen MR) is 67.0 cm³/mol. The maximum Gasteiger partial charge on any atom is 0.360 e. The highest BCUT2D eigenvalue weighted by atomic mass is 16.5. The fraction of sp³-hybridized carbons (Fsp3) is 0.583. The molecule has 0 atom stereocenters. The summed E-state index contributed by atoms with van der Waals surface area (Å²) in [5.41, 5.74) is 0.136. The maximum atomic E-state index is 11.4. The number of methoxy groups -OCH3 is 1. The van der Waals surface area contributed by atoms with E-state index in [9.17, 15) is 9.59 Å². The molecule has 0 saturated heterocycles. The van der Waals surface area contributed by atoms with Gasteiger partial charge in [0, 0.05) is 20.0 Å². The lowest BCUT2D eigenvalue weighted by molar-refractivity contribution is -0.140. The average Bonchev–Trinajstić information content (AvgIpc) is 2.88. The SMILES string of the molecule is CCOC(=O)c1coc(N(C)CCCC(=O)OC)n1. The zero-order valence-corrected chi connectivity index (χ0v) is 11.3. The Bertz CT molecular complexity index is 430. The molecule has 106 valence electrons. The Labute approximate surface area is 111 Å². The van der Waals surface area contributed by atoms with E-state index in [0.717, 1.165) is 0 Å². The molecule has 7 heteroatoms. The third-order valence-corrected chi connectivity index (χ3v) is 2.41. The van der Waals surface area contributed by atoms with Crippen LogP contribution in [0.15, 0.2) is 10.7 Å². The van der Waals surface area contributed by atoms with Gasteiger partial charge in [-0.25, -0.2) is 4.79 Å². The van der Waals surface area contributed by atoms with Gasteiger partial charge in [-0.2, -0.15) is 4.98 Å². The van der Waals surface area contributed by atoms with E-state index in [0.29, 0.717) is 25.4 Å². The van der Waals surface area contributed by atoms with E-state index in [1.54, 1.807) is 18.9 Å². The first-order valence-corrected chi connectivity index (χ1v) is 5.99. The van der Waals surface area contributed by atoms with Crippen molar-refractivity contribution in [3.63, 3.8) is 0 Å². The minimum Gasteiger partial charge on any atom is -0.469 e. The number of hydrogen-bond donors (Lipinski definition) is 0. The zero-order valence-electron chi connectivity index (χ0n) is 11.3. The van der Waals surface area contributed by atoms with Crippen molar-refractivity contribution in [3.8, 4) is 0 Å². The second kappa shape index (κ2) is 7.40. The van der Waals surface area contributed by atoms with Gasteiger partial charge in [-0.3, -0.25) is 4.79 Å². The topological polar surface area (TPSA) is 81.9 Å². The lowest BCUT2D eigenvalue weighted by atomic mass is 10.3. The van der Waals surface area contributed by atoms with E-state index in [-0.39, 0.29) is 18.3 Å². The van der Waals surface area contributed by atoms with Gasteiger partial charge >= 0.3 is 11.9 Å². The Morgan fingerprint density at radius 2 is 2.21 bits per heavy atom. The molecule has 0 spiro atoms. The van der Waals surface area contributed by atoms with Crippen LogP contribution >= 0.6 is 0 Å². The van der Waals surface area contributed by atoms with Gasteiger partial charge in [0.25, 0.3) is 6.01 Å². The Balaban J connectivity index is 2.47. The maximum absolute atomic E-state index is 11.4. The van der Waals surface area contributed by atoms with Gasteiger partial charge < -0.3 is 18.8 Å². The molecule has 0 aliphatic carbocycles. The molecule has 19 heavy (non-hydrogen) atoms. The molecule has 0 saturated carbocycles. The first-order chi connectivity index (χ1) is 9.08. The highest BCUT2D eigenvalue weighted by molar-refractivity contribution is 5.87. The van der Waals surface area contributed by atoms with Gasteiger partial charge in [0.05, 0.1) is 13.7 Å². The molecule has 0 fully saturated rings. The van der Waals surface area contributed by atoms with Crippen LogP contribution in [-0.4, -0.2) is 44.2 Å². The van der Waals surface area contributed by atoms with Crippen molar-refractivity contribution in [2.24, 2.45) is 0 Å². The lowest BCUT2D eigenvalue weighted by Gasteiger charge is -2.13. The highest BCUT2D eigenvalue weighted by Gasteiger charge is 2.15. The molecule has 0 amide bonds. The van der Waals surface area contributed by atoms with Crippen LogP contribution in [0, 0.1) is 0 Å². The summed E-state index contributed by atoms with van der Waals surface area (Å²) < 4.78 is 14.5. The molecule has 0 unspecified atom stereocenters. The third kappa shape index (κ3) is 4.61. The van der Waals surface area contributed by atoms with Crippen LogP contribution in [0.25, 0.3) is 0 Å². The van der Waals surface area contributed by atoms with E-state index in [1.165, 1.54) is 13.4 Å². The standard InChI is InChI=1S/C12H18N2O5/c1-4-18-11(16)9-8-19-12(13-9)14(2)7-5-6-10(15)17-3/h8H,4-7H2,1-3H3. The molecule has 1 heterocycles. The quantitative estimate of drug-likeness (QED) is 0.689. The summed E-state index contributed by atoms with van der Waals surface area (Å²) in [4.78, 5) is 28.1. The fourth-order valence-electron chi connectivity index (χ4n) is 1.40. The van der Waals surface area contributed by atoms with E-state index < -0.39 is 5.97 Å². The summed E-state index contributed by atoms with van der Waals surface area (Å²) >= 11 is 0. The first-order valence-electron chi connectivity index (χ1n) is 5.99. The second-order valence-corrected chi connectivity index (χ2v) is 3.84. The lowest BCUT2D eigenvalue weighted by Crippen LogP contribution is -2.20. The first kappa shape index (κ1) is 15.0. The van der Waals surface area contributed by atoms with Crippen molar-refractivity contribution in [2.45, 2.75) is 19.8 Å². The van der Waals surface area contributed by atoms with Crippen LogP contribution in [-0.2, 0) is 14.3 Å². The number of hydrogen-bond acceptors (Lipinski definition) is 7. The van der Waals surface area contributed by atoms with Gasteiger partial charge in [-0.1, -0.05) is 0 Å². The molecule has 1 aromatic heterocycles. The van der Waals surface area contributed by atoms with Gasteiger partial charge in [0.1, 0.15) is 6.26 Å². The molecule has 0 N–H and O–H groups in total. The Hall–Kier alpha value is -2.05. The molecule has 1 aromatic rings. The Kier molecular flexibility index (Phi) is 5.84. The normalized spacial score (nSPS) is 10.1. The fourth-order valence-corrected chi connectivity index (χ4v) is 1.40. The summed E-state index contributed by atoms with van der Waals surface area (Å²) in [6.45, 7) is 2.58. The largest absolute Gasteiger partial charge is 0.469 e. The number of aromatic nitrogens is 1. The molecule has 0 bridgehead atoms. The van der Waals surface area contributed by atoms with E-state index in [2.05, 4.69) is 9.72 Å². The molecular formula is C12H18N2O5. The van der Waals surface area contributed by atoms with Gasteiger partial charge in [0.15, 0.2) is 5.69 Å². The predicted octanol–water partition coefficient (Wildman–Crippen LogP) is 1.24. The molecule has 1 rings (SSSR count). The smallest absolute Gasteiger partial charge is 0.360 e. The third-order valence-electron chi connectivity index (χ3n) is 2.41. The van der Waals surface area contributed by atoms with Crippen molar-refractivity contribution in [3.05, 3.63) is 12.0 Å². The molecule has 0 aliphatic rings. The van der Waals surface area contributed by atoms with E-state index in [1.807, 2.05) is 0 Å². The van der Waals surface area contributed by atoms with E-state index in [4.69, 9.17) is 9.15 Å². The Morgan fingerprint density at radius 3 is 2.84 bits per heavy atom. The molecule has 0 radical (unpaired) electrons. The number of oxazole rings is 1. The molecule has 0 aliphatic heterocycles. The summed E-state index contributed by atoms with van der Waals surface area (Å²) in [5, 5.41) is 0. The van der Waals surface area contributed by atoms with Crippen LogP contribution in [0.1, 0.15) is 30.3 Å². The number of nitrogens with zero attached hydrogens (tertiary/aromatic N) is 2. The van der Waals surface area contributed by atoms with Gasteiger partial charge in [-0.05, 0) is 13.3 Å². The van der Waals surface area contributed by atoms with Crippen molar-refractivity contribution < 1.29 is 23.5 Å². The zero-order chi connectivity index (χ0) is 14.3. The number of ether oxygens (including phenoxy) is 2. The average molecular weight is 270 g/mol. The summed E-state index contributed by atoms with van der Waals surface area (Å²) in [6, 6.07) is 0.313. The summed E-state index contributed by atoms with van der Waals surface area (Å²) in [6.07, 6.45) is 2.19. The van der Waals surface area contributed by atoms with Gasteiger partial charge in [0.2, 0.25) is 0 Å².